The van der Waals surface area contributed by atoms with Gasteiger partial charge in [0.25, 0.3) is 5.91 Å². The van der Waals surface area contributed by atoms with E-state index in [0.717, 1.165) is 93.4 Å². The SMILES string of the molecule is O=C(Nc1cn2nc(-c3c(-c4ccc(F)cc4)ncn3C3CCN(CCN4CCOCC4)CC3)ccc2n1)c1cccc(-c2cccnc2)c1. The number of hydrogen-bond acceptors (Lipinski definition) is 8. The maximum Gasteiger partial charge on any atom is 0.256 e. The first kappa shape index (κ1) is 31.9. The normalized spacial score (nSPS) is 16.2. The zero-order valence-corrected chi connectivity index (χ0v) is 27.7. The molecule has 0 bridgehead atoms. The molecule has 8 rings (SSSR count). The maximum atomic E-state index is 13.9. The third-order valence-electron chi connectivity index (χ3n) is 9.62. The summed E-state index contributed by atoms with van der Waals surface area (Å²) in [5.74, 6) is -0.175. The van der Waals surface area contributed by atoms with Crippen LogP contribution in [0.15, 0.2) is 97.7 Å². The van der Waals surface area contributed by atoms with Crippen molar-refractivity contribution in [2.24, 2.45) is 0 Å². The summed E-state index contributed by atoms with van der Waals surface area (Å²) in [7, 11) is 0. The first-order chi connectivity index (χ1) is 24.6. The molecule has 50 heavy (non-hydrogen) atoms. The number of morpholine rings is 1. The van der Waals surface area contributed by atoms with Crippen molar-refractivity contribution in [2.45, 2.75) is 18.9 Å². The molecule has 4 aromatic heterocycles. The molecule has 2 saturated heterocycles. The Bertz CT molecular complexity index is 2080. The monoisotopic (exact) mass is 671 g/mol. The van der Waals surface area contributed by atoms with E-state index in [1.807, 2.05) is 48.8 Å². The lowest BCUT2D eigenvalue weighted by molar-refractivity contribution is 0.0316. The number of likely N-dealkylation sites (tertiary alicyclic amines) is 1. The minimum absolute atomic E-state index is 0.240. The average Bonchev–Trinajstić information content (AvgIpc) is 3.79. The number of nitrogens with zero attached hydrogens (tertiary/aromatic N) is 8. The molecule has 254 valence electrons. The minimum atomic E-state index is -0.296. The molecule has 0 radical (unpaired) electrons. The van der Waals surface area contributed by atoms with E-state index in [9.17, 15) is 9.18 Å². The Hall–Kier alpha value is -5.30. The molecule has 0 aliphatic carbocycles. The number of carbonyl (C=O) groups is 1. The number of hydrogen-bond donors (Lipinski definition) is 1. The number of halogens is 1. The number of aromatic nitrogens is 6. The minimum Gasteiger partial charge on any atom is -0.379 e. The number of benzene rings is 2. The van der Waals surface area contributed by atoms with Crippen molar-refractivity contribution in [1.29, 1.82) is 0 Å². The second-order valence-corrected chi connectivity index (χ2v) is 12.8. The average molecular weight is 672 g/mol. The molecule has 1 N–H and O–H groups in total. The Kier molecular flexibility index (Phi) is 9.12. The van der Waals surface area contributed by atoms with Gasteiger partial charge in [0.1, 0.15) is 11.5 Å². The Balaban J connectivity index is 1.04. The van der Waals surface area contributed by atoms with Gasteiger partial charge in [-0.25, -0.2) is 18.9 Å². The van der Waals surface area contributed by atoms with Crippen molar-refractivity contribution < 1.29 is 13.9 Å². The van der Waals surface area contributed by atoms with Crippen LogP contribution >= 0.6 is 0 Å². The number of amides is 1. The molecule has 0 atom stereocenters. The van der Waals surface area contributed by atoms with Crippen LogP contribution in [0.2, 0.25) is 0 Å². The molecule has 0 spiro atoms. The predicted molar refractivity (Wildman–Crippen MR) is 189 cm³/mol. The Labute approximate surface area is 289 Å². The number of rotatable bonds is 9. The molecular formula is C38H38FN9O2. The largest absolute Gasteiger partial charge is 0.379 e. The fourth-order valence-corrected chi connectivity index (χ4v) is 6.87. The number of fused-ring (bicyclic) bond motifs is 1. The smallest absolute Gasteiger partial charge is 0.256 e. The van der Waals surface area contributed by atoms with Gasteiger partial charge in [0, 0.05) is 74.4 Å². The van der Waals surface area contributed by atoms with Gasteiger partial charge < -0.3 is 19.5 Å². The van der Waals surface area contributed by atoms with Crippen molar-refractivity contribution in [3.63, 3.8) is 0 Å². The number of anilines is 1. The van der Waals surface area contributed by atoms with Crippen LogP contribution in [0.3, 0.4) is 0 Å². The standard InChI is InChI=1S/C38H38FN9O2/c39-31-8-6-27(7-9-31)36-37(47(26-41-36)32-12-15-45(16-13-32)17-18-46-19-21-50-22-20-46)33-10-11-35-42-34(25-48(35)44-33)43-38(49)29-4-1-3-28(23-29)30-5-2-14-40-24-30/h1-11,14,23-26,32H,12-13,15-22H2,(H,43,49). The van der Waals surface area contributed by atoms with E-state index < -0.39 is 0 Å². The maximum absolute atomic E-state index is 13.9. The van der Waals surface area contributed by atoms with E-state index in [1.165, 1.54) is 12.1 Å². The van der Waals surface area contributed by atoms with Crippen molar-refractivity contribution in [2.75, 3.05) is 57.8 Å². The van der Waals surface area contributed by atoms with Gasteiger partial charge in [0.15, 0.2) is 11.5 Å². The van der Waals surface area contributed by atoms with E-state index >= 15 is 0 Å². The number of nitrogens with one attached hydrogen (secondary N) is 1. The molecule has 0 unspecified atom stereocenters. The second-order valence-electron chi connectivity index (χ2n) is 12.8. The Morgan fingerprint density at radius 2 is 1.66 bits per heavy atom. The van der Waals surface area contributed by atoms with Gasteiger partial charge in [-0.1, -0.05) is 18.2 Å². The number of pyridine rings is 1. The van der Waals surface area contributed by atoms with Crippen LogP contribution in [0.4, 0.5) is 10.2 Å². The number of piperidine rings is 1. The molecule has 6 aromatic rings. The zero-order chi connectivity index (χ0) is 33.9. The molecule has 12 heteroatoms. The van der Waals surface area contributed by atoms with Crippen LogP contribution in [0, 0.1) is 5.82 Å². The quantitative estimate of drug-likeness (QED) is 0.209. The van der Waals surface area contributed by atoms with Crippen LogP contribution < -0.4 is 5.32 Å². The van der Waals surface area contributed by atoms with E-state index in [1.54, 1.807) is 41.3 Å². The third-order valence-corrected chi connectivity index (χ3v) is 9.62. The molecule has 2 aromatic carbocycles. The van der Waals surface area contributed by atoms with E-state index in [-0.39, 0.29) is 17.8 Å². The van der Waals surface area contributed by atoms with Crippen LogP contribution in [-0.4, -0.2) is 97.3 Å². The summed E-state index contributed by atoms with van der Waals surface area (Å²) in [6, 6.07) is 21.7. The molecule has 2 aliphatic rings. The van der Waals surface area contributed by atoms with Crippen molar-refractivity contribution in [1.82, 2.24) is 38.9 Å². The van der Waals surface area contributed by atoms with Gasteiger partial charge in [-0.05, 0) is 73.0 Å². The summed E-state index contributed by atoms with van der Waals surface area (Å²) >= 11 is 0. The summed E-state index contributed by atoms with van der Waals surface area (Å²) in [5, 5.41) is 7.89. The highest BCUT2D eigenvalue weighted by Crippen LogP contribution is 2.35. The molecule has 0 saturated carbocycles. The van der Waals surface area contributed by atoms with Gasteiger partial charge >= 0.3 is 0 Å². The summed E-state index contributed by atoms with van der Waals surface area (Å²) in [6.07, 6.45) is 9.08. The second kappa shape index (κ2) is 14.3. The number of carbonyl (C=O) groups excluding carboxylic acids is 1. The molecule has 1 amide bonds. The molecule has 2 fully saturated rings. The third kappa shape index (κ3) is 6.90. The topological polar surface area (TPSA) is 106 Å². The zero-order valence-electron chi connectivity index (χ0n) is 27.7. The first-order valence-corrected chi connectivity index (χ1v) is 17.1. The molecule has 11 nitrogen and oxygen atoms in total. The highest BCUT2D eigenvalue weighted by Gasteiger charge is 2.26. The number of imidazole rings is 2. The summed E-state index contributed by atoms with van der Waals surface area (Å²) in [5.41, 5.74) is 6.08. The Morgan fingerprint density at radius 1 is 0.880 bits per heavy atom. The Morgan fingerprint density at radius 3 is 2.44 bits per heavy atom. The fourth-order valence-electron chi connectivity index (χ4n) is 6.87. The van der Waals surface area contributed by atoms with Crippen LogP contribution in [0.5, 0.6) is 0 Å². The predicted octanol–water partition coefficient (Wildman–Crippen LogP) is 5.68. The van der Waals surface area contributed by atoms with E-state index in [0.29, 0.717) is 22.7 Å². The molecular weight excluding hydrogens is 633 g/mol. The highest BCUT2D eigenvalue weighted by atomic mass is 19.1. The summed E-state index contributed by atoms with van der Waals surface area (Å²) in [4.78, 5) is 32.0. The first-order valence-electron chi connectivity index (χ1n) is 17.1. The molecule has 2 aliphatic heterocycles. The van der Waals surface area contributed by atoms with Crippen LogP contribution in [0.1, 0.15) is 29.2 Å². The van der Waals surface area contributed by atoms with E-state index in [4.69, 9.17) is 14.8 Å². The van der Waals surface area contributed by atoms with Crippen molar-refractivity contribution in [3.05, 3.63) is 109 Å². The number of ether oxygens (including phenoxy) is 1. The van der Waals surface area contributed by atoms with Gasteiger partial charge in [-0.15, -0.1) is 0 Å². The fraction of sp³-hybridized carbons (Fsp3) is 0.289. The van der Waals surface area contributed by atoms with Crippen LogP contribution in [-0.2, 0) is 4.74 Å². The van der Waals surface area contributed by atoms with Gasteiger partial charge in [-0.3, -0.25) is 14.7 Å². The van der Waals surface area contributed by atoms with Gasteiger partial charge in [0.2, 0.25) is 0 Å². The van der Waals surface area contributed by atoms with Crippen molar-refractivity contribution in [3.8, 4) is 33.8 Å². The molecule has 6 heterocycles. The van der Waals surface area contributed by atoms with Gasteiger partial charge in [-0.2, -0.15) is 5.10 Å². The highest BCUT2D eigenvalue weighted by molar-refractivity contribution is 6.04. The lowest BCUT2D eigenvalue weighted by atomic mass is 10.0. The lowest BCUT2D eigenvalue weighted by Crippen LogP contribution is -2.43. The summed E-state index contributed by atoms with van der Waals surface area (Å²) in [6.45, 7) is 7.76. The summed E-state index contributed by atoms with van der Waals surface area (Å²) < 4.78 is 23.3. The van der Waals surface area contributed by atoms with E-state index in [2.05, 4.69) is 29.7 Å². The van der Waals surface area contributed by atoms with Crippen molar-refractivity contribution >= 4 is 17.4 Å². The van der Waals surface area contributed by atoms with Crippen LogP contribution in [0.25, 0.3) is 39.4 Å². The van der Waals surface area contributed by atoms with Gasteiger partial charge in [0.05, 0.1) is 37.1 Å². The lowest BCUT2D eigenvalue weighted by Gasteiger charge is -2.35.